The third-order valence-electron chi connectivity index (χ3n) is 4.78. The Kier molecular flexibility index (Phi) is 6.35. The van der Waals surface area contributed by atoms with Crippen LogP contribution in [0.2, 0.25) is 0 Å². The van der Waals surface area contributed by atoms with Gasteiger partial charge in [-0.3, -0.25) is 4.79 Å². The molecule has 1 aromatic carbocycles. The molecule has 0 aliphatic carbocycles. The first-order valence-corrected chi connectivity index (χ1v) is 10.8. The SMILES string of the molecule is Cc1ccc(CNC(=O)c2cc(OCC3CCCO3)cc(-c3ncc(C)s3)c2)nn1. The summed E-state index contributed by atoms with van der Waals surface area (Å²) < 4.78 is 11.6. The third-order valence-corrected chi connectivity index (χ3v) is 5.74. The Morgan fingerprint density at radius 2 is 2.17 bits per heavy atom. The minimum absolute atomic E-state index is 0.105. The molecule has 3 aromatic rings. The van der Waals surface area contributed by atoms with Crippen LogP contribution in [0.1, 0.15) is 39.5 Å². The Balaban J connectivity index is 1.52. The fraction of sp³-hybridized carbons (Fsp3) is 0.364. The van der Waals surface area contributed by atoms with Crippen LogP contribution in [-0.2, 0) is 11.3 Å². The van der Waals surface area contributed by atoms with E-state index in [1.165, 1.54) is 0 Å². The maximum Gasteiger partial charge on any atom is 0.251 e. The predicted octanol–water partition coefficient (Wildman–Crippen LogP) is 3.70. The molecule has 1 amide bonds. The molecular formula is C22H24N4O3S. The van der Waals surface area contributed by atoms with Crippen LogP contribution in [0.15, 0.2) is 36.5 Å². The number of ether oxygens (including phenoxy) is 2. The Bertz CT molecular complexity index is 1010. The summed E-state index contributed by atoms with van der Waals surface area (Å²) in [5, 5.41) is 11.9. The van der Waals surface area contributed by atoms with E-state index in [4.69, 9.17) is 9.47 Å². The zero-order chi connectivity index (χ0) is 20.9. The van der Waals surface area contributed by atoms with Gasteiger partial charge in [-0.15, -0.1) is 11.3 Å². The zero-order valence-electron chi connectivity index (χ0n) is 17.1. The molecule has 1 aliphatic rings. The van der Waals surface area contributed by atoms with Gasteiger partial charge in [0.05, 0.1) is 24.0 Å². The molecule has 1 atom stereocenters. The quantitative estimate of drug-likeness (QED) is 0.622. The summed E-state index contributed by atoms with van der Waals surface area (Å²) in [4.78, 5) is 18.4. The van der Waals surface area contributed by atoms with Gasteiger partial charge in [-0.25, -0.2) is 4.98 Å². The molecule has 0 saturated carbocycles. The highest BCUT2D eigenvalue weighted by molar-refractivity contribution is 7.14. The lowest BCUT2D eigenvalue weighted by Gasteiger charge is -2.14. The van der Waals surface area contributed by atoms with Crippen LogP contribution in [0.4, 0.5) is 0 Å². The van der Waals surface area contributed by atoms with Gasteiger partial charge in [0.15, 0.2) is 0 Å². The molecule has 1 aliphatic heterocycles. The van der Waals surface area contributed by atoms with Crippen molar-refractivity contribution in [1.82, 2.24) is 20.5 Å². The number of hydrogen-bond donors (Lipinski definition) is 1. The minimum atomic E-state index is -0.200. The fourth-order valence-electron chi connectivity index (χ4n) is 3.18. The third kappa shape index (κ3) is 5.20. The highest BCUT2D eigenvalue weighted by Gasteiger charge is 2.18. The predicted molar refractivity (Wildman–Crippen MR) is 115 cm³/mol. The summed E-state index contributed by atoms with van der Waals surface area (Å²) in [6.07, 6.45) is 3.99. The van der Waals surface area contributed by atoms with Crippen molar-refractivity contribution < 1.29 is 14.3 Å². The van der Waals surface area contributed by atoms with Crippen LogP contribution in [0.5, 0.6) is 5.75 Å². The molecule has 0 radical (unpaired) electrons. The second kappa shape index (κ2) is 9.32. The van der Waals surface area contributed by atoms with Crippen molar-refractivity contribution in [1.29, 1.82) is 0 Å². The molecule has 8 heteroatoms. The standard InChI is InChI=1S/C22H24N4O3S/c1-14-5-6-18(26-25-14)12-23-21(27)16-8-17(22-24-11-15(2)30-22)10-20(9-16)29-13-19-4-3-7-28-19/h5-6,8-11,19H,3-4,7,12-13H2,1-2H3,(H,23,27). The number of nitrogens with zero attached hydrogens (tertiary/aromatic N) is 3. The lowest BCUT2D eigenvalue weighted by atomic mass is 10.1. The van der Waals surface area contributed by atoms with Crippen molar-refractivity contribution in [2.45, 2.75) is 39.3 Å². The van der Waals surface area contributed by atoms with Gasteiger partial charge in [0.1, 0.15) is 17.4 Å². The Labute approximate surface area is 179 Å². The van der Waals surface area contributed by atoms with E-state index in [0.717, 1.165) is 40.6 Å². The molecule has 2 aromatic heterocycles. The summed E-state index contributed by atoms with van der Waals surface area (Å²) in [6.45, 7) is 5.44. The molecule has 156 valence electrons. The van der Waals surface area contributed by atoms with Gasteiger partial charge in [0.25, 0.3) is 5.91 Å². The van der Waals surface area contributed by atoms with E-state index in [0.29, 0.717) is 30.2 Å². The fourth-order valence-corrected chi connectivity index (χ4v) is 3.94. The molecule has 0 bridgehead atoms. The van der Waals surface area contributed by atoms with Gasteiger partial charge < -0.3 is 14.8 Å². The number of nitrogens with one attached hydrogen (secondary N) is 1. The molecule has 1 unspecified atom stereocenters. The second-order valence-corrected chi connectivity index (χ2v) is 8.55. The van der Waals surface area contributed by atoms with Crippen molar-refractivity contribution in [3.8, 4) is 16.3 Å². The van der Waals surface area contributed by atoms with Crippen LogP contribution >= 0.6 is 11.3 Å². The van der Waals surface area contributed by atoms with Gasteiger partial charge in [-0.2, -0.15) is 10.2 Å². The van der Waals surface area contributed by atoms with Crippen molar-refractivity contribution in [2.24, 2.45) is 0 Å². The number of amides is 1. The lowest BCUT2D eigenvalue weighted by molar-refractivity contribution is 0.0679. The number of aromatic nitrogens is 3. The number of thiazole rings is 1. The summed E-state index contributed by atoms with van der Waals surface area (Å²) in [7, 11) is 0. The van der Waals surface area contributed by atoms with E-state index in [1.54, 1.807) is 17.4 Å². The first-order chi connectivity index (χ1) is 14.6. The summed E-state index contributed by atoms with van der Waals surface area (Å²) in [6, 6.07) is 9.25. The van der Waals surface area contributed by atoms with Crippen LogP contribution in [0, 0.1) is 13.8 Å². The van der Waals surface area contributed by atoms with E-state index in [2.05, 4.69) is 20.5 Å². The Morgan fingerprint density at radius 3 is 2.87 bits per heavy atom. The van der Waals surface area contributed by atoms with Gasteiger partial charge in [-0.05, 0) is 57.0 Å². The van der Waals surface area contributed by atoms with Gasteiger partial charge in [0.2, 0.25) is 0 Å². The number of carbonyl (C=O) groups excluding carboxylic acids is 1. The Hall–Kier alpha value is -2.84. The molecule has 7 nitrogen and oxygen atoms in total. The van der Waals surface area contributed by atoms with Crippen LogP contribution in [-0.4, -0.2) is 40.4 Å². The van der Waals surface area contributed by atoms with Crippen molar-refractivity contribution >= 4 is 17.2 Å². The molecule has 1 saturated heterocycles. The molecule has 1 fully saturated rings. The van der Waals surface area contributed by atoms with Gasteiger partial charge >= 0.3 is 0 Å². The first-order valence-electron chi connectivity index (χ1n) is 9.96. The molecule has 3 heterocycles. The molecule has 4 rings (SSSR count). The monoisotopic (exact) mass is 424 g/mol. The zero-order valence-corrected chi connectivity index (χ0v) is 17.9. The number of hydrogen-bond acceptors (Lipinski definition) is 7. The van der Waals surface area contributed by atoms with Crippen molar-refractivity contribution in [3.63, 3.8) is 0 Å². The molecule has 30 heavy (non-hydrogen) atoms. The lowest BCUT2D eigenvalue weighted by Crippen LogP contribution is -2.23. The number of carbonyl (C=O) groups is 1. The highest BCUT2D eigenvalue weighted by Crippen LogP contribution is 2.30. The smallest absolute Gasteiger partial charge is 0.251 e. The summed E-state index contributed by atoms with van der Waals surface area (Å²) >= 11 is 1.58. The van der Waals surface area contributed by atoms with Gasteiger partial charge in [0, 0.05) is 28.8 Å². The number of aryl methyl sites for hydroxylation is 2. The van der Waals surface area contributed by atoms with E-state index >= 15 is 0 Å². The average Bonchev–Trinajstić information content (AvgIpc) is 3.43. The van der Waals surface area contributed by atoms with Crippen LogP contribution in [0.25, 0.3) is 10.6 Å². The van der Waals surface area contributed by atoms with Crippen LogP contribution in [0.3, 0.4) is 0 Å². The number of benzene rings is 1. The van der Waals surface area contributed by atoms with Crippen LogP contribution < -0.4 is 10.1 Å². The normalized spacial score (nSPS) is 15.9. The summed E-state index contributed by atoms with van der Waals surface area (Å²) in [5.41, 5.74) is 2.92. The molecular weight excluding hydrogens is 400 g/mol. The first kappa shape index (κ1) is 20.4. The maximum absolute atomic E-state index is 12.8. The molecule has 0 spiro atoms. The maximum atomic E-state index is 12.8. The van der Waals surface area contributed by atoms with E-state index in [9.17, 15) is 4.79 Å². The molecule has 1 N–H and O–H groups in total. The van der Waals surface area contributed by atoms with E-state index < -0.39 is 0 Å². The summed E-state index contributed by atoms with van der Waals surface area (Å²) in [5.74, 6) is 0.436. The van der Waals surface area contributed by atoms with E-state index in [1.807, 2.05) is 44.3 Å². The highest BCUT2D eigenvalue weighted by atomic mass is 32.1. The second-order valence-electron chi connectivity index (χ2n) is 7.32. The number of rotatable bonds is 7. The van der Waals surface area contributed by atoms with Crippen molar-refractivity contribution in [2.75, 3.05) is 13.2 Å². The van der Waals surface area contributed by atoms with Crippen molar-refractivity contribution in [3.05, 3.63) is 58.4 Å². The topological polar surface area (TPSA) is 86.2 Å². The van der Waals surface area contributed by atoms with E-state index in [-0.39, 0.29) is 12.0 Å². The largest absolute Gasteiger partial charge is 0.491 e. The Morgan fingerprint density at radius 1 is 1.27 bits per heavy atom. The average molecular weight is 425 g/mol. The minimum Gasteiger partial charge on any atom is -0.491 e. The van der Waals surface area contributed by atoms with Gasteiger partial charge in [-0.1, -0.05) is 0 Å².